The number of hydrogen-bond acceptors (Lipinski definition) is 3. The Hall–Kier alpha value is -1.40. The second kappa shape index (κ2) is 9.51. The molecule has 1 aliphatic heterocycles. The maximum atomic E-state index is 13.0. The number of piperidine rings is 1. The second-order valence-corrected chi connectivity index (χ2v) is 8.93. The van der Waals surface area contributed by atoms with E-state index in [0.717, 1.165) is 45.1 Å². The Balaban J connectivity index is 2.30. The Morgan fingerprint density at radius 1 is 1.15 bits per heavy atom. The molecule has 1 fully saturated rings. The molecule has 2 rings (SSSR count). The van der Waals surface area contributed by atoms with E-state index < -0.39 is 10.0 Å². The van der Waals surface area contributed by atoms with Crippen LogP contribution in [0.1, 0.15) is 69.7 Å². The Morgan fingerprint density at radius 2 is 1.85 bits per heavy atom. The number of carbonyl (C=O) groups excluding carboxylic acids is 1. The zero-order valence-corrected chi connectivity index (χ0v) is 17.1. The van der Waals surface area contributed by atoms with Gasteiger partial charge in [-0.05, 0) is 56.7 Å². The lowest BCUT2D eigenvalue weighted by molar-refractivity contribution is 0.0608. The zero-order chi connectivity index (χ0) is 19.2. The highest BCUT2D eigenvalue weighted by molar-refractivity contribution is 7.89. The standard InChI is InChI=1S/C20H32N2O3S/c1-4-13-21(14-5-2)26(24,25)19-12-9-10-17(16-19)20(23)22-15-8-7-11-18(22)6-3/h9-10,12,16,18H,4-8,11,13-15H2,1-3H3. The topological polar surface area (TPSA) is 57.7 Å². The predicted molar refractivity (Wildman–Crippen MR) is 105 cm³/mol. The van der Waals surface area contributed by atoms with Gasteiger partial charge in [0.05, 0.1) is 4.90 Å². The SMILES string of the molecule is CCCN(CCC)S(=O)(=O)c1cccc(C(=O)N2CCCCC2CC)c1. The molecule has 1 amide bonds. The van der Waals surface area contributed by atoms with Gasteiger partial charge in [0.15, 0.2) is 0 Å². The molecule has 1 aromatic rings. The molecule has 1 atom stereocenters. The van der Waals surface area contributed by atoms with Gasteiger partial charge in [-0.2, -0.15) is 4.31 Å². The molecule has 0 aliphatic carbocycles. The van der Waals surface area contributed by atoms with Crippen molar-refractivity contribution in [2.75, 3.05) is 19.6 Å². The van der Waals surface area contributed by atoms with Crippen LogP contribution in [0.2, 0.25) is 0 Å². The molecule has 1 unspecified atom stereocenters. The molecule has 6 heteroatoms. The number of likely N-dealkylation sites (tertiary alicyclic amines) is 1. The monoisotopic (exact) mass is 380 g/mol. The Morgan fingerprint density at radius 3 is 2.46 bits per heavy atom. The molecule has 0 radical (unpaired) electrons. The van der Waals surface area contributed by atoms with Crippen molar-refractivity contribution >= 4 is 15.9 Å². The normalized spacial score (nSPS) is 18.3. The van der Waals surface area contributed by atoms with Crippen LogP contribution in [0.15, 0.2) is 29.2 Å². The van der Waals surface area contributed by atoms with Crippen molar-refractivity contribution < 1.29 is 13.2 Å². The van der Waals surface area contributed by atoms with Crippen molar-refractivity contribution in [3.8, 4) is 0 Å². The molecular formula is C20H32N2O3S. The van der Waals surface area contributed by atoms with Crippen molar-refractivity contribution in [1.82, 2.24) is 9.21 Å². The summed E-state index contributed by atoms with van der Waals surface area (Å²) in [5, 5.41) is 0. The first-order valence-electron chi connectivity index (χ1n) is 9.86. The smallest absolute Gasteiger partial charge is 0.254 e. The van der Waals surface area contributed by atoms with Crippen LogP contribution in [-0.4, -0.2) is 49.2 Å². The van der Waals surface area contributed by atoms with Gasteiger partial charge in [-0.15, -0.1) is 0 Å². The van der Waals surface area contributed by atoms with Crippen LogP contribution in [-0.2, 0) is 10.0 Å². The van der Waals surface area contributed by atoms with Gasteiger partial charge >= 0.3 is 0 Å². The second-order valence-electron chi connectivity index (χ2n) is 6.99. The van der Waals surface area contributed by atoms with E-state index in [2.05, 4.69) is 6.92 Å². The van der Waals surface area contributed by atoms with Gasteiger partial charge in [0.1, 0.15) is 0 Å². The zero-order valence-electron chi connectivity index (χ0n) is 16.3. The van der Waals surface area contributed by atoms with Gasteiger partial charge in [-0.25, -0.2) is 8.42 Å². The molecular weight excluding hydrogens is 348 g/mol. The van der Waals surface area contributed by atoms with Crippen molar-refractivity contribution in [3.63, 3.8) is 0 Å². The number of nitrogens with zero attached hydrogens (tertiary/aromatic N) is 2. The molecule has 1 heterocycles. The first kappa shape index (κ1) is 20.9. The van der Waals surface area contributed by atoms with Crippen molar-refractivity contribution in [2.45, 2.75) is 70.2 Å². The molecule has 1 saturated heterocycles. The molecule has 0 aromatic heterocycles. The highest BCUT2D eigenvalue weighted by Crippen LogP contribution is 2.24. The summed E-state index contributed by atoms with van der Waals surface area (Å²) in [6.07, 6.45) is 5.67. The maximum Gasteiger partial charge on any atom is 0.254 e. The Kier molecular flexibility index (Phi) is 7.65. The quantitative estimate of drug-likeness (QED) is 0.687. The van der Waals surface area contributed by atoms with Crippen LogP contribution in [0.3, 0.4) is 0 Å². The van der Waals surface area contributed by atoms with Crippen molar-refractivity contribution in [2.24, 2.45) is 0 Å². The molecule has 0 saturated carbocycles. The van der Waals surface area contributed by atoms with E-state index in [1.165, 1.54) is 4.31 Å². The minimum Gasteiger partial charge on any atom is -0.336 e. The number of benzene rings is 1. The third-order valence-corrected chi connectivity index (χ3v) is 6.92. The first-order valence-corrected chi connectivity index (χ1v) is 11.3. The van der Waals surface area contributed by atoms with Gasteiger partial charge in [-0.3, -0.25) is 4.79 Å². The average molecular weight is 381 g/mol. The average Bonchev–Trinajstić information content (AvgIpc) is 2.67. The van der Waals surface area contributed by atoms with E-state index in [4.69, 9.17) is 0 Å². The summed E-state index contributed by atoms with van der Waals surface area (Å²) in [7, 11) is -3.57. The molecule has 26 heavy (non-hydrogen) atoms. The van der Waals surface area contributed by atoms with Crippen molar-refractivity contribution in [1.29, 1.82) is 0 Å². The van der Waals surface area contributed by atoms with Gasteiger partial charge in [0.2, 0.25) is 10.0 Å². The van der Waals surface area contributed by atoms with E-state index in [1.807, 2.05) is 18.7 Å². The first-order chi connectivity index (χ1) is 12.5. The number of hydrogen-bond donors (Lipinski definition) is 0. The van der Waals surface area contributed by atoms with Crippen LogP contribution in [0.4, 0.5) is 0 Å². The lowest BCUT2D eigenvalue weighted by Crippen LogP contribution is -2.43. The minimum atomic E-state index is -3.57. The van der Waals surface area contributed by atoms with Crippen LogP contribution in [0.5, 0.6) is 0 Å². The summed E-state index contributed by atoms with van der Waals surface area (Å²) in [5.74, 6) is -0.0499. The van der Waals surface area contributed by atoms with Gasteiger partial charge < -0.3 is 4.90 Å². The number of carbonyl (C=O) groups is 1. The summed E-state index contributed by atoms with van der Waals surface area (Å²) in [5.41, 5.74) is 0.472. The van der Waals surface area contributed by atoms with Crippen LogP contribution < -0.4 is 0 Å². The van der Waals surface area contributed by atoms with Gasteiger partial charge in [-0.1, -0.05) is 26.8 Å². The fraction of sp³-hybridized carbons (Fsp3) is 0.650. The third kappa shape index (κ3) is 4.65. The molecule has 146 valence electrons. The number of amides is 1. The summed E-state index contributed by atoms with van der Waals surface area (Å²) in [6.45, 7) is 7.80. The molecule has 0 bridgehead atoms. The fourth-order valence-electron chi connectivity index (χ4n) is 3.65. The molecule has 0 spiro atoms. The van der Waals surface area contributed by atoms with E-state index in [9.17, 15) is 13.2 Å². The molecule has 5 nitrogen and oxygen atoms in total. The lowest BCUT2D eigenvalue weighted by atomic mass is 9.99. The van der Waals surface area contributed by atoms with Crippen molar-refractivity contribution in [3.05, 3.63) is 29.8 Å². The van der Waals surface area contributed by atoms with E-state index in [-0.39, 0.29) is 16.8 Å². The van der Waals surface area contributed by atoms with Gasteiger partial charge in [0, 0.05) is 31.2 Å². The Bertz CT molecular complexity index is 697. The lowest BCUT2D eigenvalue weighted by Gasteiger charge is -2.35. The highest BCUT2D eigenvalue weighted by atomic mass is 32.2. The van der Waals surface area contributed by atoms with Gasteiger partial charge in [0.25, 0.3) is 5.91 Å². The van der Waals surface area contributed by atoms with Crippen LogP contribution in [0.25, 0.3) is 0 Å². The number of sulfonamides is 1. The highest BCUT2D eigenvalue weighted by Gasteiger charge is 2.28. The molecule has 0 N–H and O–H groups in total. The minimum absolute atomic E-state index is 0.0499. The fourth-order valence-corrected chi connectivity index (χ4v) is 5.32. The molecule has 1 aliphatic rings. The van der Waals surface area contributed by atoms with E-state index >= 15 is 0 Å². The third-order valence-electron chi connectivity index (χ3n) is 5.02. The molecule has 1 aromatic carbocycles. The van der Waals surface area contributed by atoms with E-state index in [1.54, 1.807) is 24.3 Å². The summed E-state index contributed by atoms with van der Waals surface area (Å²) < 4.78 is 27.5. The summed E-state index contributed by atoms with van der Waals surface area (Å²) in [6, 6.07) is 6.82. The van der Waals surface area contributed by atoms with E-state index in [0.29, 0.717) is 18.7 Å². The summed E-state index contributed by atoms with van der Waals surface area (Å²) in [4.78, 5) is 15.1. The van der Waals surface area contributed by atoms with Crippen LogP contribution >= 0.6 is 0 Å². The number of rotatable bonds is 8. The summed E-state index contributed by atoms with van der Waals surface area (Å²) >= 11 is 0. The van der Waals surface area contributed by atoms with Crippen LogP contribution in [0, 0.1) is 0 Å². The Labute approximate surface area is 158 Å². The largest absolute Gasteiger partial charge is 0.336 e. The maximum absolute atomic E-state index is 13.0. The predicted octanol–water partition coefficient (Wildman–Crippen LogP) is 3.90.